The highest BCUT2D eigenvalue weighted by Gasteiger charge is 1.93. The molecule has 0 fully saturated rings. The molecule has 7 heavy (non-hydrogen) atoms. The lowest BCUT2D eigenvalue weighted by Crippen LogP contribution is -1.66. The Kier molecular flexibility index (Phi) is 13.4. The standard InChI is InChI=1S/CH4O2.HO3P/c2-1-3;1-4(2)3/h2-3H,1H2;(H-,1,2,3)/p+1. The van der Waals surface area contributed by atoms with Crippen LogP contribution in [-0.4, -0.2) is 26.8 Å². The van der Waals surface area contributed by atoms with Gasteiger partial charge in [-0.3, -0.25) is 0 Å². The van der Waals surface area contributed by atoms with Crippen molar-refractivity contribution < 1.29 is 24.6 Å². The average molecular weight is 129 g/mol. The van der Waals surface area contributed by atoms with E-state index in [0.29, 0.717) is 0 Å². The fraction of sp³-hybridized carbons (Fsp3) is 1.00. The van der Waals surface area contributed by atoms with Crippen molar-refractivity contribution in [3.63, 3.8) is 0 Å². The van der Waals surface area contributed by atoms with Crippen LogP contribution >= 0.6 is 8.25 Å². The van der Waals surface area contributed by atoms with E-state index in [1.807, 2.05) is 0 Å². The second kappa shape index (κ2) is 9.34. The molecule has 0 unspecified atom stereocenters. The van der Waals surface area contributed by atoms with E-state index in [2.05, 4.69) is 0 Å². The maximum absolute atomic E-state index is 8.70. The first-order valence-electron chi connectivity index (χ1n) is 1.22. The van der Waals surface area contributed by atoms with Crippen molar-refractivity contribution in [3.05, 3.63) is 0 Å². The van der Waals surface area contributed by atoms with Crippen LogP contribution in [0.5, 0.6) is 0 Å². The van der Waals surface area contributed by atoms with Crippen LogP contribution in [-0.2, 0) is 4.57 Å². The first-order chi connectivity index (χ1) is 3.15. The van der Waals surface area contributed by atoms with E-state index in [1.54, 1.807) is 0 Å². The highest BCUT2D eigenvalue weighted by Crippen LogP contribution is 1.98. The van der Waals surface area contributed by atoms with Gasteiger partial charge in [-0.15, -0.1) is 9.79 Å². The molecule has 0 aliphatic carbocycles. The average Bonchev–Trinajstić information content (AvgIpc) is 1.33. The molecule has 0 spiro atoms. The van der Waals surface area contributed by atoms with E-state index in [1.165, 1.54) is 0 Å². The number of rotatable bonds is 0. The quantitative estimate of drug-likeness (QED) is 0.237. The molecule has 0 rings (SSSR count). The lowest BCUT2D eigenvalue weighted by Gasteiger charge is -1.55. The number of aliphatic hydroxyl groups is 2. The summed E-state index contributed by atoms with van der Waals surface area (Å²) in [7, 11) is -2.87. The molecule has 0 radical (unpaired) electrons. The summed E-state index contributed by atoms with van der Waals surface area (Å²) < 4.78 is 8.70. The number of hydrogen-bond donors (Lipinski definition) is 4. The molecule has 0 aromatic carbocycles. The zero-order chi connectivity index (χ0) is 6.28. The molecular formula is CH6O5P+. The molecule has 0 aromatic rings. The maximum atomic E-state index is 8.70. The SMILES string of the molecule is O=[P+](O)O.OCO. The fourth-order valence-electron chi connectivity index (χ4n) is 0. The van der Waals surface area contributed by atoms with E-state index in [-0.39, 0.29) is 0 Å². The highest BCUT2D eigenvalue weighted by atomic mass is 31.1. The van der Waals surface area contributed by atoms with Crippen LogP contribution in [0.25, 0.3) is 0 Å². The smallest absolute Gasteiger partial charge is 0.371 e. The van der Waals surface area contributed by atoms with Crippen molar-refractivity contribution in [2.24, 2.45) is 0 Å². The predicted molar refractivity (Wildman–Crippen MR) is 21.3 cm³/mol. The Morgan fingerprint density at radius 3 is 1.29 bits per heavy atom. The molecule has 44 valence electrons. The van der Waals surface area contributed by atoms with Gasteiger partial charge in [0.2, 0.25) is 0 Å². The van der Waals surface area contributed by atoms with Crippen molar-refractivity contribution >= 4 is 8.25 Å². The van der Waals surface area contributed by atoms with E-state index >= 15 is 0 Å². The Labute approximate surface area is 40.8 Å². The first-order valence-corrected chi connectivity index (χ1v) is 2.38. The van der Waals surface area contributed by atoms with Crippen LogP contribution in [0.1, 0.15) is 0 Å². The van der Waals surface area contributed by atoms with Gasteiger partial charge in [-0.1, -0.05) is 0 Å². The molecule has 0 heterocycles. The van der Waals surface area contributed by atoms with Gasteiger partial charge in [0, 0.05) is 4.57 Å². The third kappa shape index (κ3) is 25600. The highest BCUT2D eigenvalue weighted by molar-refractivity contribution is 7.30. The van der Waals surface area contributed by atoms with Gasteiger partial charge in [0.25, 0.3) is 0 Å². The fourth-order valence-corrected chi connectivity index (χ4v) is 0. The molecule has 0 aliphatic heterocycles. The van der Waals surface area contributed by atoms with Gasteiger partial charge >= 0.3 is 8.25 Å². The minimum absolute atomic E-state index is 0.750. The number of aliphatic hydroxyl groups excluding tert-OH is 1. The summed E-state index contributed by atoms with van der Waals surface area (Å²) in [6.45, 7) is -0.750. The third-order valence-electron chi connectivity index (χ3n) is 0. The van der Waals surface area contributed by atoms with Crippen molar-refractivity contribution in [1.82, 2.24) is 0 Å². The van der Waals surface area contributed by atoms with Crippen LogP contribution in [0.15, 0.2) is 0 Å². The molecule has 0 saturated heterocycles. The van der Waals surface area contributed by atoms with Crippen molar-refractivity contribution in [2.75, 3.05) is 6.79 Å². The predicted octanol–water partition coefficient (Wildman–Crippen LogP) is -1.44. The second-order valence-electron chi connectivity index (χ2n) is 0.394. The molecule has 0 atom stereocenters. The van der Waals surface area contributed by atoms with Crippen LogP contribution < -0.4 is 0 Å². The molecule has 0 bridgehead atoms. The monoisotopic (exact) mass is 129 g/mol. The van der Waals surface area contributed by atoms with Crippen LogP contribution in [0.2, 0.25) is 0 Å². The zero-order valence-electron chi connectivity index (χ0n) is 3.35. The lowest BCUT2D eigenvalue weighted by molar-refractivity contribution is 0.0773. The van der Waals surface area contributed by atoms with Crippen LogP contribution in [0.3, 0.4) is 0 Å². The van der Waals surface area contributed by atoms with Gasteiger partial charge in [-0.05, 0) is 0 Å². The van der Waals surface area contributed by atoms with Gasteiger partial charge in [0.15, 0.2) is 0 Å². The molecule has 5 nitrogen and oxygen atoms in total. The van der Waals surface area contributed by atoms with Gasteiger partial charge in [-0.25, -0.2) is 0 Å². The van der Waals surface area contributed by atoms with E-state index < -0.39 is 15.0 Å². The summed E-state index contributed by atoms with van der Waals surface area (Å²) in [5.74, 6) is 0. The maximum Gasteiger partial charge on any atom is 0.692 e. The Hall–Kier alpha value is -0.0600. The third-order valence-corrected chi connectivity index (χ3v) is 0. The largest absolute Gasteiger partial charge is 0.692 e. The Bertz CT molecular complexity index is 39.3. The van der Waals surface area contributed by atoms with Gasteiger partial charge in [0.05, 0.1) is 0 Å². The summed E-state index contributed by atoms with van der Waals surface area (Å²) in [4.78, 5) is 14.2. The summed E-state index contributed by atoms with van der Waals surface area (Å²) >= 11 is 0. The minimum Gasteiger partial charge on any atom is -0.371 e. The van der Waals surface area contributed by atoms with Crippen molar-refractivity contribution in [2.45, 2.75) is 0 Å². The Balaban J connectivity index is 0. The summed E-state index contributed by atoms with van der Waals surface area (Å²) in [5.41, 5.74) is 0. The van der Waals surface area contributed by atoms with Gasteiger partial charge < -0.3 is 10.2 Å². The van der Waals surface area contributed by atoms with Gasteiger partial charge in [-0.2, -0.15) is 0 Å². The normalized spacial score (nSPS) is 6.29. The van der Waals surface area contributed by atoms with E-state index in [9.17, 15) is 0 Å². The molecule has 6 heteroatoms. The second-order valence-corrected chi connectivity index (χ2v) is 0.900. The van der Waals surface area contributed by atoms with Crippen molar-refractivity contribution in [3.8, 4) is 0 Å². The molecule has 4 N–H and O–H groups in total. The molecular weight excluding hydrogens is 123 g/mol. The topological polar surface area (TPSA) is 98.0 Å². The number of hydrogen-bond acceptors (Lipinski definition) is 3. The minimum atomic E-state index is -2.87. The van der Waals surface area contributed by atoms with E-state index in [0.717, 1.165) is 0 Å². The van der Waals surface area contributed by atoms with Crippen LogP contribution in [0.4, 0.5) is 0 Å². The lowest BCUT2D eigenvalue weighted by atomic mass is 11.6. The summed E-state index contributed by atoms with van der Waals surface area (Å²) in [6, 6.07) is 0. The zero-order valence-corrected chi connectivity index (χ0v) is 4.25. The summed E-state index contributed by atoms with van der Waals surface area (Å²) in [6.07, 6.45) is 0. The van der Waals surface area contributed by atoms with E-state index in [4.69, 9.17) is 24.6 Å². The van der Waals surface area contributed by atoms with Gasteiger partial charge in [0.1, 0.15) is 6.79 Å². The molecule has 0 saturated carbocycles. The molecule has 0 aliphatic rings. The van der Waals surface area contributed by atoms with Crippen molar-refractivity contribution in [1.29, 1.82) is 0 Å². The summed E-state index contributed by atoms with van der Waals surface area (Å²) in [5, 5.41) is 14.2. The molecule has 0 aromatic heterocycles. The Morgan fingerprint density at radius 1 is 1.29 bits per heavy atom. The van der Waals surface area contributed by atoms with Crippen LogP contribution in [0, 0.1) is 0 Å². The first kappa shape index (κ1) is 10.0. The Morgan fingerprint density at radius 2 is 1.29 bits per heavy atom. The molecule has 0 amide bonds.